The molecule has 1 fully saturated rings. The van der Waals surface area contributed by atoms with Crippen LogP contribution in [0, 0.1) is 11.3 Å². The standard InChI is InChI=1S/C16H29N3O2/c1-6-13(20-7-2)14-18-15(21-19-14)11-8-9-12(17)10(3)16(11,4)5/h10-13H,6-9,17H2,1-5H3. The molecular formula is C16H29N3O2. The van der Waals surface area contributed by atoms with Crippen LogP contribution in [0.3, 0.4) is 0 Å². The van der Waals surface area contributed by atoms with Crippen molar-refractivity contribution in [3.05, 3.63) is 11.7 Å². The van der Waals surface area contributed by atoms with Crippen molar-refractivity contribution >= 4 is 0 Å². The van der Waals surface area contributed by atoms with Crippen LogP contribution < -0.4 is 5.73 Å². The van der Waals surface area contributed by atoms with Crippen LogP contribution in [-0.2, 0) is 4.74 Å². The smallest absolute Gasteiger partial charge is 0.230 e. The van der Waals surface area contributed by atoms with E-state index in [-0.39, 0.29) is 23.5 Å². The Morgan fingerprint density at radius 2 is 2.10 bits per heavy atom. The normalized spacial score (nSPS) is 30.3. The molecule has 4 unspecified atom stereocenters. The van der Waals surface area contributed by atoms with Crippen molar-refractivity contribution in [3.8, 4) is 0 Å². The molecule has 5 nitrogen and oxygen atoms in total. The summed E-state index contributed by atoms with van der Waals surface area (Å²) in [5.74, 6) is 2.12. The fraction of sp³-hybridized carbons (Fsp3) is 0.875. The maximum Gasteiger partial charge on any atom is 0.230 e. The van der Waals surface area contributed by atoms with Crippen molar-refractivity contribution in [2.75, 3.05) is 6.61 Å². The van der Waals surface area contributed by atoms with Crippen molar-refractivity contribution in [3.63, 3.8) is 0 Å². The molecule has 1 saturated carbocycles. The van der Waals surface area contributed by atoms with E-state index >= 15 is 0 Å². The minimum Gasteiger partial charge on any atom is -0.370 e. The maximum atomic E-state index is 6.22. The third-order valence-electron chi connectivity index (χ3n) is 5.28. The molecule has 0 saturated heterocycles. The van der Waals surface area contributed by atoms with Crippen LogP contribution in [0.5, 0.6) is 0 Å². The molecule has 4 atom stereocenters. The first-order valence-corrected chi connectivity index (χ1v) is 8.12. The van der Waals surface area contributed by atoms with E-state index in [9.17, 15) is 0 Å². The fourth-order valence-electron chi connectivity index (χ4n) is 3.39. The molecular weight excluding hydrogens is 266 g/mol. The fourth-order valence-corrected chi connectivity index (χ4v) is 3.39. The quantitative estimate of drug-likeness (QED) is 0.901. The summed E-state index contributed by atoms with van der Waals surface area (Å²) in [5, 5.41) is 4.15. The van der Waals surface area contributed by atoms with Crippen LogP contribution in [0.4, 0.5) is 0 Å². The van der Waals surface area contributed by atoms with Gasteiger partial charge in [0.05, 0.1) is 0 Å². The van der Waals surface area contributed by atoms with Crippen molar-refractivity contribution in [2.24, 2.45) is 17.1 Å². The van der Waals surface area contributed by atoms with Gasteiger partial charge in [-0.25, -0.2) is 0 Å². The molecule has 2 rings (SSSR count). The molecule has 1 heterocycles. The lowest BCUT2D eigenvalue weighted by atomic mass is 9.61. The van der Waals surface area contributed by atoms with Gasteiger partial charge in [0.25, 0.3) is 0 Å². The summed E-state index contributed by atoms with van der Waals surface area (Å²) < 4.78 is 11.2. The number of hydrogen-bond donors (Lipinski definition) is 1. The Labute approximate surface area is 127 Å². The number of rotatable bonds is 5. The highest BCUT2D eigenvalue weighted by molar-refractivity contribution is 5.07. The lowest BCUT2D eigenvalue weighted by Crippen LogP contribution is -2.45. The van der Waals surface area contributed by atoms with Gasteiger partial charge >= 0.3 is 0 Å². The Kier molecular flexibility index (Phi) is 5.04. The Balaban J connectivity index is 2.20. The Hall–Kier alpha value is -0.940. The van der Waals surface area contributed by atoms with E-state index in [0.717, 1.165) is 25.2 Å². The van der Waals surface area contributed by atoms with Gasteiger partial charge in [-0.2, -0.15) is 4.98 Å². The molecule has 0 aromatic carbocycles. The zero-order valence-electron chi connectivity index (χ0n) is 13.9. The summed E-state index contributed by atoms with van der Waals surface area (Å²) in [4.78, 5) is 4.64. The van der Waals surface area contributed by atoms with E-state index < -0.39 is 0 Å². The van der Waals surface area contributed by atoms with Gasteiger partial charge in [0.2, 0.25) is 11.7 Å². The van der Waals surface area contributed by atoms with E-state index in [1.807, 2.05) is 6.92 Å². The van der Waals surface area contributed by atoms with Crippen molar-refractivity contribution in [2.45, 2.75) is 71.9 Å². The minimum atomic E-state index is -0.0705. The first-order chi connectivity index (χ1) is 9.91. The van der Waals surface area contributed by atoms with Gasteiger partial charge < -0.3 is 15.0 Å². The first-order valence-electron chi connectivity index (χ1n) is 8.12. The van der Waals surface area contributed by atoms with Gasteiger partial charge in [0.1, 0.15) is 6.10 Å². The molecule has 1 aromatic heterocycles. The monoisotopic (exact) mass is 295 g/mol. The van der Waals surface area contributed by atoms with Gasteiger partial charge in [-0.3, -0.25) is 0 Å². The Morgan fingerprint density at radius 3 is 2.71 bits per heavy atom. The van der Waals surface area contributed by atoms with Crippen LogP contribution >= 0.6 is 0 Å². The molecule has 120 valence electrons. The topological polar surface area (TPSA) is 74.2 Å². The second-order valence-corrected chi connectivity index (χ2v) is 6.75. The van der Waals surface area contributed by atoms with E-state index in [1.54, 1.807) is 0 Å². The highest BCUT2D eigenvalue weighted by Gasteiger charge is 2.45. The molecule has 5 heteroatoms. The van der Waals surface area contributed by atoms with Crippen molar-refractivity contribution < 1.29 is 9.26 Å². The molecule has 0 radical (unpaired) electrons. The van der Waals surface area contributed by atoms with E-state index in [1.165, 1.54) is 0 Å². The van der Waals surface area contributed by atoms with Crippen LogP contribution in [0.2, 0.25) is 0 Å². The summed E-state index contributed by atoms with van der Waals surface area (Å²) in [6, 6.07) is 0.255. The summed E-state index contributed by atoms with van der Waals surface area (Å²) in [5.41, 5.74) is 6.29. The number of ether oxygens (including phenoxy) is 1. The number of hydrogen-bond acceptors (Lipinski definition) is 5. The molecule has 0 bridgehead atoms. The molecule has 0 spiro atoms. The number of aromatic nitrogens is 2. The van der Waals surface area contributed by atoms with Gasteiger partial charge in [-0.1, -0.05) is 32.9 Å². The van der Waals surface area contributed by atoms with Gasteiger partial charge in [-0.05, 0) is 37.5 Å². The molecule has 0 aliphatic heterocycles. The van der Waals surface area contributed by atoms with Crippen molar-refractivity contribution in [1.82, 2.24) is 10.1 Å². The third-order valence-corrected chi connectivity index (χ3v) is 5.28. The maximum absolute atomic E-state index is 6.22. The zero-order chi connectivity index (χ0) is 15.6. The van der Waals surface area contributed by atoms with Gasteiger partial charge in [0.15, 0.2) is 0 Å². The average Bonchev–Trinajstić information content (AvgIpc) is 2.91. The molecule has 21 heavy (non-hydrogen) atoms. The average molecular weight is 295 g/mol. The van der Waals surface area contributed by atoms with E-state index in [4.69, 9.17) is 15.0 Å². The number of nitrogens with zero attached hydrogens (tertiary/aromatic N) is 2. The summed E-state index contributed by atoms with van der Waals surface area (Å²) in [7, 11) is 0. The lowest BCUT2D eigenvalue weighted by Gasteiger charge is -2.45. The molecule has 1 aliphatic rings. The predicted octanol–water partition coefficient (Wildman–Crippen LogP) is 3.42. The molecule has 2 N–H and O–H groups in total. The molecule has 1 aliphatic carbocycles. The van der Waals surface area contributed by atoms with Crippen LogP contribution in [0.15, 0.2) is 4.52 Å². The predicted molar refractivity (Wildman–Crippen MR) is 81.9 cm³/mol. The summed E-state index contributed by atoms with van der Waals surface area (Å²) in [6.45, 7) is 11.4. The lowest BCUT2D eigenvalue weighted by molar-refractivity contribution is 0.0518. The number of nitrogens with two attached hydrogens (primary N) is 1. The van der Waals surface area contributed by atoms with Crippen LogP contribution in [0.1, 0.15) is 77.6 Å². The Morgan fingerprint density at radius 1 is 1.38 bits per heavy atom. The van der Waals surface area contributed by atoms with Crippen LogP contribution in [-0.4, -0.2) is 22.8 Å². The van der Waals surface area contributed by atoms with E-state index in [0.29, 0.717) is 18.3 Å². The molecule has 1 aromatic rings. The van der Waals surface area contributed by atoms with Crippen molar-refractivity contribution in [1.29, 1.82) is 0 Å². The molecule has 0 amide bonds. The minimum absolute atomic E-state index is 0.0643. The van der Waals surface area contributed by atoms with E-state index in [2.05, 4.69) is 37.8 Å². The largest absolute Gasteiger partial charge is 0.370 e. The highest BCUT2D eigenvalue weighted by atomic mass is 16.5. The summed E-state index contributed by atoms with van der Waals surface area (Å²) >= 11 is 0. The summed E-state index contributed by atoms with van der Waals surface area (Å²) in [6.07, 6.45) is 2.79. The first kappa shape index (κ1) is 16.4. The third kappa shape index (κ3) is 3.14. The van der Waals surface area contributed by atoms with Gasteiger partial charge in [0, 0.05) is 18.6 Å². The second kappa shape index (κ2) is 6.44. The van der Waals surface area contributed by atoms with Crippen LogP contribution in [0.25, 0.3) is 0 Å². The Bertz CT molecular complexity index is 458. The zero-order valence-corrected chi connectivity index (χ0v) is 13.9. The van der Waals surface area contributed by atoms with Gasteiger partial charge in [-0.15, -0.1) is 0 Å². The second-order valence-electron chi connectivity index (χ2n) is 6.75. The SMILES string of the molecule is CCOC(CC)c1noc(C2CCC(N)C(C)C2(C)C)n1. The highest BCUT2D eigenvalue weighted by Crippen LogP contribution is 2.49.